The summed E-state index contributed by atoms with van der Waals surface area (Å²) in [6, 6.07) is 0. The summed E-state index contributed by atoms with van der Waals surface area (Å²) in [6.07, 6.45) is 2.05. The lowest BCUT2D eigenvalue weighted by Gasteiger charge is -2.38. The lowest BCUT2D eigenvalue weighted by Crippen LogP contribution is -2.52. The number of primary amides is 2. The number of piperidine rings is 1. The molecule has 3 amide bonds. The normalized spacial score (nSPS) is 17.7. The van der Waals surface area contributed by atoms with Gasteiger partial charge in [0.05, 0.1) is 18.5 Å². The van der Waals surface area contributed by atoms with E-state index in [-0.39, 0.29) is 19.0 Å². The highest BCUT2D eigenvalue weighted by Gasteiger charge is 2.41. The Morgan fingerprint density at radius 1 is 1.11 bits per heavy atom. The number of amides is 3. The largest absolute Gasteiger partial charge is 0.368 e. The quantitative estimate of drug-likeness (QED) is 0.548. The van der Waals surface area contributed by atoms with Crippen LogP contribution in [0.25, 0.3) is 0 Å². The van der Waals surface area contributed by atoms with E-state index >= 15 is 0 Å². The van der Waals surface area contributed by atoms with Gasteiger partial charge in [0.15, 0.2) is 0 Å². The van der Waals surface area contributed by atoms with Crippen molar-refractivity contribution in [1.29, 1.82) is 0 Å². The van der Waals surface area contributed by atoms with Gasteiger partial charge in [-0.2, -0.15) is 0 Å². The van der Waals surface area contributed by atoms with Crippen LogP contribution in [0.5, 0.6) is 0 Å². The van der Waals surface area contributed by atoms with E-state index < -0.39 is 17.2 Å². The summed E-state index contributed by atoms with van der Waals surface area (Å²) in [7, 11) is 0. The van der Waals surface area contributed by atoms with E-state index in [0.717, 1.165) is 13.1 Å². The van der Waals surface area contributed by atoms with Gasteiger partial charge in [-0.05, 0) is 32.4 Å². The van der Waals surface area contributed by atoms with Gasteiger partial charge in [-0.3, -0.25) is 14.4 Å². The minimum absolute atomic E-state index is 0.200. The van der Waals surface area contributed by atoms with Crippen LogP contribution in [-0.4, -0.2) is 48.8 Å². The Labute approximate surface area is 112 Å². The first kappa shape index (κ1) is 15.4. The Morgan fingerprint density at radius 3 is 1.95 bits per heavy atom. The van der Waals surface area contributed by atoms with Crippen LogP contribution in [0.1, 0.15) is 26.2 Å². The summed E-state index contributed by atoms with van der Waals surface area (Å²) >= 11 is 0. The summed E-state index contributed by atoms with van der Waals surface area (Å²) in [6.45, 7) is 2.91. The second-order valence-electron chi connectivity index (χ2n) is 4.98. The van der Waals surface area contributed by atoms with Crippen molar-refractivity contribution in [2.45, 2.75) is 26.2 Å². The zero-order valence-electron chi connectivity index (χ0n) is 11.3. The third-order valence-corrected chi connectivity index (χ3v) is 3.67. The summed E-state index contributed by atoms with van der Waals surface area (Å²) in [5.41, 5.74) is 9.73. The molecule has 7 heteroatoms. The van der Waals surface area contributed by atoms with Crippen molar-refractivity contribution in [3.63, 3.8) is 0 Å². The summed E-state index contributed by atoms with van der Waals surface area (Å²) < 4.78 is 0. The first-order valence-corrected chi connectivity index (χ1v) is 6.48. The topological polar surface area (TPSA) is 119 Å². The highest BCUT2D eigenvalue weighted by molar-refractivity contribution is 5.91. The van der Waals surface area contributed by atoms with Crippen molar-refractivity contribution in [1.82, 2.24) is 10.2 Å². The average molecular weight is 270 g/mol. The predicted molar refractivity (Wildman–Crippen MR) is 69.8 cm³/mol. The third kappa shape index (κ3) is 3.92. The van der Waals surface area contributed by atoms with E-state index in [1.54, 1.807) is 0 Å². The van der Waals surface area contributed by atoms with Crippen molar-refractivity contribution in [3.8, 4) is 0 Å². The first-order chi connectivity index (χ1) is 8.91. The average Bonchev–Trinajstić information content (AvgIpc) is 2.36. The number of nitrogens with zero attached hydrogens (tertiary/aromatic N) is 1. The van der Waals surface area contributed by atoms with Gasteiger partial charge >= 0.3 is 0 Å². The van der Waals surface area contributed by atoms with Gasteiger partial charge in [0.2, 0.25) is 17.7 Å². The molecule has 1 fully saturated rings. The molecule has 0 saturated carbocycles. The Kier molecular flexibility index (Phi) is 5.29. The van der Waals surface area contributed by atoms with E-state index in [0.29, 0.717) is 19.3 Å². The van der Waals surface area contributed by atoms with Gasteiger partial charge in [-0.15, -0.1) is 0 Å². The standard InChI is InChI=1S/C12H22N4O3/c1-2-12(3-5-15-6-4-12)11(19)16(7-9(13)17)8-10(14)18/h15H,2-8H2,1H3,(H2,13,17)(H2,14,18). The minimum Gasteiger partial charge on any atom is -0.368 e. The number of carbonyl (C=O) groups is 3. The molecule has 108 valence electrons. The molecule has 0 atom stereocenters. The van der Waals surface area contributed by atoms with Crippen LogP contribution < -0.4 is 16.8 Å². The molecule has 1 aliphatic rings. The molecule has 0 aromatic heterocycles. The molecule has 1 rings (SSSR count). The van der Waals surface area contributed by atoms with Gasteiger partial charge in [-0.1, -0.05) is 6.92 Å². The van der Waals surface area contributed by atoms with Crippen molar-refractivity contribution in [2.75, 3.05) is 26.2 Å². The molecule has 5 N–H and O–H groups in total. The Bertz CT molecular complexity index is 348. The molecule has 0 radical (unpaired) electrons. The van der Waals surface area contributed by atoms with Crippen LogP contribution in [-0.2, 0) is 14.4 Å². The Balaban J connectivity index is 2.88. The van der Waals surface area contributed by atoms with Crippen LogP contribution in [0.4, 0.5) is 0 Å². The molecular formula is C12H22N4O3. The fourth-order valence-corrected chi connectivity index (χ4v) is 2.54. The summed E-state index contributed by atoms with van der Waals surface area (Å²) in [4.78, 5) is 35.9. The van der Waals surface area contributed by atoms with Crippen molar-refractivity contribution in [2.24, 2.45) is 16.9 Å². The zero-order chi connectivity index (χ0) is 14.5. The maximum absolute atomic E-state index is 12.6. The number of rotatable bonds is 6. The molecule has 0 spiro atoms. The van der Waals surface area contributed by atoms with E-state index in [4.69, 9.17) is 11.5 Å². The molecule has 1 saturated heterocycles. The smallest absolute Gasteiger partial charge is 0.237 e. The van der Waals surface area contributed by atoms with Crippen LogP contribution >= 0.6 is 0 Å². The predicted octanol–water partition coefficient (Wildman–Crippen LogP) is -1.43. The van der Waals surface area contributed by atoms with Gasteiger partial charge in [0.1, 0.15) is 0 Å². The lowest BCUT2D eigenvalue weighted by atomic mass is 9.75. The van der Waals surface area contributed by atoms with E-state index in [1.807, 2.05) is 6.92 Å². The highest BCUT2D eigenvalue weighted by atomic mass is 16.2. The van der Waals surface area contributed by atoms with Crippen LogP contribution in [0.3, 0.4) is 0 Å². The molecule has 1 aliphatic heterocycles. The van der Waals surface area contributed by atoms with Crippen molar-refractivity contribution < 1.29 is 14.4 Å². The van der Waals surface area contributed by atoms with E-state index in [2.05, 4.69) is 5.32 Å². The maximum atomic E-state index is 12.6. The Morgan fingerprint density at radius 2 is 1.58 bits per heavy atom. The van der Waals surface area contributed by atoms with Gasteiger partial charge in [0.25, 0.3) is 0 Å². The zero-order valence-corrected chi connectivity index (χ0v) is 11.3. The Hall–Kier alpha value is -1.63. The summed E-state index contributed by atoms with van der Waals surface area (Å²) in [5.74, 6) is -1.49. The fraction of sp³-hybridized carbons (Fsp3) is 0.750. The number of carbonyl (C=O) groups excluding carboxylic acids is 3. The molecule has 0 bridgehead atoms. The second-order valence-corrected chi connectivity index (χ2v) is 4.98. The molecule has 19 heavy (non-hydrogen) atoms. The molecule has 0 aromatic rings. The van der Waals surface area contributed by atoms with Crippen molar-refractivity contribution >= 4 is 17.7 Å². The first-order valence-electron chi connectivity index (χ1n) is 6.48. The molecule has 7 nitrogen and oxygen atoms in total. The number of nitrogens with two attached hydrogens (primary N) is 2. The van der Waals surface area contributed by atoms with Crippen LogP contribution in [0.15, 0.2) is 0 Å². The number of nitrogens with one attached hydrogen (secondary N) is 1. The maximum Gasteiger partial charge on any atom is 0.237 e. The SMILES string of the molecule is CCC1(C(=O)N(CC(N)=O)CC(N)=O)CCNCC1. The molecule has 0 unspecified atom stereocenters. The minimum atomic E-state index is -0.644. The monoisotopic (exact) mass is 270 g/mol. The number of hydrogen-bond donors (Lipinski definition) is 3. The molecule has 0 aliphatic carbocycles. The second kappa shape index (κ2) is 6.51. The fourth-order valence-electron chi connectivity index (χ4n) is 2.54. The molecule has 0 aromatic carbocycles. The highest BCUT2D eigenvalue weighted by Crippen LogP contribution is 2.34. The van der Waals surface area contributed by atoms with Gasteiger partial charge in [0, 0.05) is 0 Å². The van der Waals surface area contributed by atoms with Crippen LogP contribution in [0.2, 0.25) is 0 Å². The van der Waals surface area contributed by atoms with Gasteiger partial charge in [-0.25, -0.2) is 0 Å². The molecule has 1 heterocycles. The lowest BCUT2D eigenvalue weighted by molar-refractivity contribution is -0.148. The molecular weight excluding hydrogens is 248 g/mol. The van der Waals surface area contributed by atoms with E-state index in [9.17, 15) is 14.4 Å². The van der Waals surface area contributed by atoms with Crippen molar-refractivity contribution in [3.05, 3.63) is 0 Å². The van der Waals surface area contributed by atoms with E-state index in [1.165, 1.54) is 4.90 Å². The third-order valence-electron chi connectivity index (χ3n) is 3.67. The summed E-state index contributed by atoms with van der Waals surface area (Å²) in [5, 5.41) is 3.20. The number of hydrogen-bond acceptors (Lipinski definition) is 4. The van der Waals surface area contributed by atoms with Gasteiger partial charge < -0.3 is 21.7 Å². The van der Waals surface area contributed by atoms with Crippen LogP contribution in [0, 0.1) is 5.41 Å².